The highest BCUT2D eigenvalue weighted by atomic mass is 19.1. The molecule has 0 atom stereocenters. The molecule has 3 aromatic heterocycles. The number of para-hydroxylation sites is 1. The zero-order valence-corrected chi connectivity index (χ0v) is 17.5. The molecule has 32 heavy (non-hydrogen) atoms. The van der Waals surface area contributed by atoms with Crippen LogP contribution >= 0.6 is 0 Å². The molecular formula is C22H22FN7O2. The number of morpholine rings is 1. The third kappa shape index (κ3) is 3.28. The molecule has 0 aliphatic carbocycles. The molecule has 1 aromatic carbocycles. The van der Waals surface area contributed by atoms with Crippen LogP contribution in [0.5, 0.6) is 0 Å². The van der Waals surface area contributed by atoms with Gasteiger partial charge in [-0.15, -0.1) is 0 Å². The minimum atomic E-state index is -0.493. The summed E-state index contributed by atoms with van der Waals surface area (Å²) in [5.74, 6) is 0.300. The molecule has 10 heteroatoms. The summed E-state index contributed by atoms with van der Waals surface area (Å²) in [5.41, 5.74) is 7.94. The van der Waals surface area contributed by atoms with Crippen LogP contribution in [0.3, 0.4) is 0 Å². The summed E-state index contributed by atoms with van der Waals surface area (Å²) in [7, 11) is 0. The Kier molecular flexibility index (Phi) is 5.06. The van der Waals surface area contributed by atoms with Gasteiger partial charge in [0, 0.05) is 24.8 Å². The van der Waals surface area contributed by atoms with Crippen molar-refractivity contribution in [2.75, 3.05) is 36.9 Å². The van der Waals surface area contributed by atoms with Crippen LogP contribution < -0.4 is 16.2 Å². The first-order valence-electron chi connectivity index (χ1n) is 10.4. The Morgan fingerprint density at radius 3 is 2.75 bits per heavy atom. The predicted molar refractivity (Wildman–Crippen MR) is 119 cm³/mol. The van der Waals surface area contributed by atoms with Gasteiger partial charge in [-0.2, -0.15) is 5.10 Å². The molecule has 164 valence electrons. The van der Waals surface area contributed by atoms with E-state index in [-0.39, 0.29) is 16.9 Å². The molecule has 0 spiro atoms. The largest absolute Gasteiger partial charge is 0.382 e. The summed E-state index contributed by atoms with van der Waals surface area (Å²) >= 11 is 0. The van der Waals surface area contributed by atoms with E-state index in [9.17, 15) is 9.18 Å². The zero-order chi connectivity index (χ0) is 22.2. The van der Waals surface area contributed by atoms with E-state index in [2.05, 4.69) is 25.1 Å². The van der Waals surface area contributed by atoms with E-state index in [4.69, 9.17) is 10.5 Å². The van der Waals surface area contributed by atoms with E-state index in [1.54, 1.807) is 30.7 Å². The number of nitrogen functional groups attached to an aromatic ring is 1. The van der Waals surface area contributed by atoms with Gasteiger partial charge in [0.15, 0.2) is 5.82 Å². The zero-order valence-electron chi connectivity index (χ0n) is 17.5. The summed E-state index contributed by atoms with van der Waals surface area (Å²) in [4.78, 5) is 24.5. The standard InChI is InChI=1S/C22H22FN7O2/c1-2-13-4-3-5-15(23)20(13)30-12-14(19-18(22(30)31)21(24)28-27-19)16-10-26-17(11-25-16)29-6-8-32-9-7-29/h3-5,10-12H,2,6-9H2,1H3,(H3,24,27,28). The second kappa shape index (κ2) is 8.04. The summed E-state index contributed by atoms with van der Waals surface area (Å²) in [6, 6.07) is 4.76. The second-order valence-electron chi connectivity index (χ2n) is 7.54. The number of H-pyrrole nitrogens is 1. The van der Waals surface area contributed by atoms with Crippen LogP contribution in [0, 0.1) is 5.82 Å². The lowest BCUT2D eigenvalue weighted by Gasteiger charge is -2.27. The lowest BCUT2D eigenvalue weighted by molar-refractivity contribution is 0.122. The lowest BCUT2D eigenvalue weighted by Crippen LogP contribution is -2.36. The molecular weight excluding hydrogens is 413 g/mol. The van der Waals surface area contributed by atoms with Gasteiger partial charge in [0.2, 0.25) is 0 Å². The van der Waals surface area contributed by atoms with Crippen molar-refractivity contribution in [3.8, 4) is 16.9 Å². The summed E-state index contributed by atoms with van der Waals surface area (Å²) in [5, 5.41) is 7.01. The monoisotopic (exact) mass is 435 g/mol. The molecule has 0 unspecified atom stereocenters. The smallest absolute Gasteiger partial charge is 0.268 e. The lowest BCUT2D eigenvalue weighted by atomic mass is 10.1. The first kappa shape index (κ1) is 20.1. The molecule has 5 rings (SSSR count). The van der Waals surface area contributed by atoms with Crippen LogP contribution in [-0.4, -0.2) is 51.0 Å². The Balaban J connectivity index is 1.69. The maximum atomic E-state index is 14.9. The number of nitrogens with zero attached hydrogens (tertiary/aromatic N) is 5. The van der Waals surface area contributed by atoms with Gasteiger partial charge in [-0.3, -0.25) is 19.4 Å². The van der Waals surface area contributed by atoms with Crippen LogP contribution in [0.15, 0.2) is 41.6 Å². The predicted octanol–water partition coefficient (Wildman–Crippen LogP) is 2.29. The van der Waals surface area contributed by atoms with Crippen molar-refractivity contribution in [1.29, 1.82) is 0 Å². The topological polar surface area (TPSA) is 115 Å². The molecule has 1 fully saturated rings. The quantitative estimate of drug-likeness (QED) is 0.505. The fourth-order valence-electron chi connectivity index (χ4n) is 4.03. The van der Waals surface area contributed by atoms with Gasteiger partial charge in [-0.1, -0.05) is 19.1 Å². The highest BCUT2D eigenvalue weighted by Gasteiger charge is 2.21. The van der Waals surface area contributed by atoms with E-state index in [0.717, 1.165) is 18.9 Å². The third-order valence-electron chi connectivity index (χ3n) is 5.70. The highest BCUT2D eigenvalue weighted by Crippen LogP contribution is 2.29. The molecule has 0 radical (unpaired) electrons. The molecule has 9 nitrogen and oxygen atoms in total. The van der Waals surface area contributed by atoms with E-state index < -0.39 is 11.4 Å². The number of aromatic nitrogens is 5. The van der Waals surface area contributed by atoms with Crippen molar-refractivity contribution in [3.63, 3.8) is 0 Å². The number of benzene rings is 1. The minimum Gasteiger partial charge on any atom is -0.382 e. The van der Waals surface area contributed by atoms with Crippen molar-refractivity contribution in [2.45, 2.75) is 13.3 Å². The van der Waals surface area contributed by atoms with Crippen LogP contribution in [0.2, 0.25) is 0 Å². The van der Waals surface area contributed by atoms with E-state index in [0.29, 0.717) is 42.0 Å². The van der Waals surface area contributed by atoms with Gasteiger partial charge in [-0.05, 0) is 18.1 Å². The number of hydrogen-bond acceptors (Lipinski definition) is 7. The number of nitrogens with one attached hydrogen (secondary N) is 1. The van der Waals surface area contributed by atoms with Crippen LogP contribution in [-0.2, 0) is 11.2 Å². The summed E-state index contributed by atoms with van der Waals surface area (Å²) in [6.07, 6.45) is 5.44. The average molecular weight is 435 g/mol. The first-order chi connectivity index (χ1) is 15.6. The van der Waals surface area contributed by atoms with E-state index in [1.807, 2.05) is 6.92 Å². The van der Waals surface area contributed by atoms with Crippen LogP contribution in [0.25, 0.3) is 27.8 Å². The Morgan fingerprint density at radius 1 is 1.22 bits per heavy atom. The molecule has 4 aromatic rings. The van der Waals surface area contributed by atoms with Gasteiger partial charge < -0.3 is 15.4 Å². The van der Waals surface area contributed by atoms with Gasteiger partial charge in [0.1, 0.15) is 17.0 Å². The highest BCUT2D eigenvalue weighted by molar-refractivity contribution is 5.97. The average Bonchev–Trinajstić information content (AvgIpc) is 3.22. The van der Waals surface area contributed by atoms with E-state index >= 15 is 0 Å². The van der Waals surface area contributed by atoms with Crippen molar-refractivity contribution < 1.29 is 9.13 Å². The third-order valence-corrected chi connectivity index (χ3v) is 5.70. The molecule has 3 N–H and O–H groups in total. The van der Waals surface area contributed by atoms with Gasteiger partial charge in [0.25, 0.3) is 5.56 Å². The molecule has 0 saturated carbocycles. The van der Waals surface area contributed by atoms with Gasteiger partial charge >= 0.3 is 0 Å². The number of hydrogen-bond donors (Lipinski definition) is 2. The normalized spacial score (nSPS) is 14.2. The van der Waals surface area contributed by atoms with Crippen molar-refractivity contribution in [2.24, 2.45) is 0 Å². The summed E-state index contributed by atoms with van der Waals surface area (Å²) in [6.45, 7) is 4.68. The molecule has 1 aliphatic heterocycles. The number of pyridine rings is 1. The molecule has 1 saturated heterocycles. The van der Waals surface area contributed by atoms with Crippen molar-refractivity contribution in [1.82, 2.24) is 24.7 Å². The Labute approximate surface area is 182 Å². The minimum absolute atomic E-state index is 0.0490. The number of halogens is 1. The molecule has 4 heterocycles. The molecule has 1 aliphatic rings. The number of fused-ring (bicyclic) bond motifs is 1. The van der Waals surface area contributed by atoms with Crippen LogP contribution in [0.1, 0.15) is 12.5 Å². The SMILES string of the molecule is CCc1cccc(F)c1-n1cc(-c2cnc(N3CCOCC3)cn2)c2[nH]nc(N)c2c1=O. The molecule has 0 amide bonds. The number of aryl methyl sites for hydroxylation is 1. The van der Waals surface area contributed by atoms with Crippen LogP contribution in [0.4, 0.5) is 16.0 Å². The number of aromatic amines is 1. The number of anilines is 2. The van der Waals surface area contributed by atoms with Gasteiger partial charge in [0.05, 0.1) is 42.5 Å². The maximum absolute atomic E-state index is 14.9. The Morgan fingerprint density at radius 2 is 2.03 bits per heavy atom. The number of nitrogens with two attached hydrogens (primary N) is 1. The fraction of sp³-hybridized carbons (Fsp3) is 0.273. The Bertz CT molecular complexity index is 1340. The number of rotatable bonds is 4. The second-order valence-corrected chi connectivity index (χ2v) is 7.54. The van der Waals surface area contributed by atoms with E-state index in [1.165, 1.54) is 10.6 Å². The van der Waals surface area contributed by atoms with Gasteiger partial charge in [-0.25, -0.2) is 9.37 Å². The molecule has 0 bridgehead atoms. The Hall–Kier alpha value is -3.79. The summed E-state index contributed by atoms with van der Waals surface area (Å²) < 4.78 is 21.5. The fourth-order valence-corrected chi connectivity index (χ4v) is 4.03. The first-order valence-corrected chi connectivity index (χ1v) is 10.4. The van der Waals surface area contributed by atoms with Crippen molar-refractivity contribution in [3.05, 3.63) is 58.5 Å². The van der Waals surface area contributed by atoms with Crippen molar-refractivity contribution >= 4 is 22.5 Å². The number of ether oxygens (including phenoxy) is 1. The maximum Gasteiger partial charge on any atom is 0.268 e.